The summed E-state index contributed by atoms with van der Waals surface area (Å²) in [5.74, 6) is 1.15. The Kier molecular flexibility index (Phi) is 5.11. The average molecular weight is 314 g/mol. The van der Waals surface area contributed by atoms with Crippen molar-refractivity contribution in [1.29, 1.82) is 0 Å². The van der Waals surface area contributed by atoms with Crippen molar-refractivity contribution in [2.75, 3.05) is 6.54 Å². The van der Waals surface area contributed by atoms with Crippen molar-refractivity contribution >= 4 is 10.0 Å². The van der Waals surface area contributed by atoms with Crippen LogP contribution in [0.1, 0.15) is 51.6 Å². The molecule has 0 bridgehead atoms. The van der Waals surface area contributed by atoms with Crippen molar-refractivity contribution in [3.8, 4) is 0 Å². The number of furan rings is 1. The molecule has 2 atom stereocenters. The highest BCUT2D eigenvalue weighted by atomic mass is 32.2. The number of nitrogens with zero attached hydrogens (tertiary/aromatic N) is 1. The number of rotatable bonds is 5. The molecule has 1 aliphatic heterocycles. The van der Waals surface area contributed by atoms with Gasteiger partial charge in [0.15, 0.2) is 0 Å². The Hall–Kier alpha value is -0.850. The second-order valence-corrected chi connectivity index (χ2v) is 7.69. The smallest absolute Gasteiger partial charge is 0.247 e. The number of nitrogens with one attached hydrogen (secondary N) is 1. The van der Waals surface area contributed by atoms with Gasteiger partial charge in [0.2, 0.25) is 10.0 Å². The van der Waals surface area contributed by atoms with Crippen molar-refractivity contribution < 1.29 is 12.8 Å². The van der Waals surface area contributed by atoms with Crippen LogP contribution in [0.3, 0.4) is 0 Å². The first-order chi connectivity index (χ1) is 9.87. The van der Waals surface area contributed by atoms with Gasteiger partial charge in [0.25, 0.3) is 0 Å². The summed E-state index contributed by atoms with van der Waals surface area (Å²) in [6, 6.07) is 1.76. The molecule has 120 valence electrons. The van der Waals surface area contributed by atoms with Gasteiger partial charge in [-0.25, -0.2) is 8.42 Å². The van der Waals surface area contributed by atoms with E-state index in [1.165, 1.54) is 0 Å². The Morgan fingerprint density at radius 3 is 2.52 bits per heavy atom. The largest absolute Gasteiger partial charge is 0.464 e. The van der Waals surface area contributed by atoms with Crippen LogP contribution >= 0.6 is 0 Å². The van der Waals surface area contributed by atoms with E-state index in [-0.39, 0.29) is 12.1 Å². The molecule has 0 radical (unpaired) electrons. The van der Waals surface area contributed by atoms with Crippen LogP contribution in [0.2, 0.25) is 0 Å². The van der Waals surface area contributed by atoms with Crippen molar-refractivity contribution in [2.45, 2.75) is 70.5 Å². The lowest BCUT2D eigenvalue weighted by Gasteiger charge is -2.37. The number of aryl methyl sites for hydroxylation is 1. The molecule has 2 rings (SSSR count). The van der Waals surface area contributed by atoms with Crippen LogP contribution in [0, 0.1) is 6.92 Å². The summed E-state index contributed by atoms with van der Waals surface area (Å²) in [7, 11) is -3.48. The minimum Gasteiger partial charge on any atom is -0.464 e. The summed E-state index contributed by atoms with van der Waals surface area (Å²) in [5.41, 5.74) is 0. The zero-order valence-corrected chi connectivity index (χ0v) is 14.2. The summed E-state index contributed by atoms with van der Waals surface area (Å²) in [5, 5.41) is 3.15. The van der Waals surface area contributed by atoms with Gasteiger partial charge < -0.3 is 9.73 Å². The topological polar surface area (TPSA) is 62.6 Å². The molecule has 1 aromatic rings. The van der Waals surface area contributed by atoms with Crippen molar-refractivity contribution in [3.05, 3.63) is 17.6 Å². The Morgan fingerprint density at radius 2 is 1.95 bits per heavy atom. The normalized spacial score (nSPS) is 24.4. The van der Waals surface area contributed by atoms with Crippen LogP contribution in [-0.2, 0) is 16.6 Å². The van der Waals surface area contributed by atoms with Gasteiger partial charge in [0.1, 0.15) is 16.4 Å². The van der Waals surface area contributed by atoms with E-state index in [2.05, 4.69) is 5.32 Å². The van der Waals surface area contributed by atoms with Crippen molar-refractivity contribution in [3.63, 3.8) is 0 Å². The first kappa shape index (κ1) is 16.5. The molecule has 0 amide bonds. The maximum Gasteiger partial charge on any atom is 0.247 e. The molecule has 0 spiro atoms. The van der Waals surface area contributed by atoms with Crippen LogP contribution in [0.15, 0.2) is 15.4 Å². The quantitative estimate of drug-likeness (QED) is 0.907. The molecular weight excluding hydrogens is 288 g/mol. The monoisotopic (exact) mass is 314 g/mol. The molecule has 21 heavy (non-hydrogen) atoms. The van der Waals surface area contributed by atoms with Gasteiger partial charge in [-0.2, -0.15) is 4.31 Å². The Bertz CT molecular complexity index is 570. The fourth-order valence-electron chi connectivity index (χ4n) is 3.10. The summed E-state index contributed by atoms with van der Waals surface area (Å²) in [6.07, 6.45) is 2.93. The fourth-order valence-corrected chi connectivity index (χ4v) is 5.17. The minimum atomic E-state index is -3.48. The number of piperidine rings is 1. The van der Waals surface area contributed by atoms with Gasteiger partial charge in [0, 0.05) is 18.2 Å². The fraction of sp³-hybridized carbons (Fsp3) is 0.733. The zero-order valence-electron chi connectivity index (χ0n) is 13.3. The molecule has 1 aromatic heterocycles. The van der Waals surface area contributed by atoms with E-state index in [0.717, 1.165) is 25.8 Å². The van der Waals surface area contributed by atoms with Gasteiger partial charge in [0.05, 0.1) is 6.54 Å². The highest BCUT2D eigenvalue weighted by Gasteiger charge is 2.37. The molecule has 0 aromatic carbocycles. The van der Waals surface area contributed by atoms with Crippen LogP contribution in [0.4, 0.5) is 0 Å². The van der Waals surface area contributed by atoms with Gasteiger partial charge in [-0.1, -0.05) is 13.3 Å². The zero-order chi connectivity index (χ0) is 15.6. The van der Waals surface area contributed by atoms with Crippen LogP contribution < -0.4 is 5.32 Å². The first-order valence-corrected chi connectivity index (χ1v) is 9.15. The van der Waals surface area contributed by atoms with E-state index in [1.54, 1.807) is 17.3 Å². The summed E-state index contributed by atoms with van der Waals surface area (Å²) in [4.78, 5) is 0.316. The number of hydrogen-bond acceptors (Lipinski definition) is 4. The highest BCUT2D eigenvalue weighted by molar-refractivity contribution is 7.89. The SMILES string of the molecule is CCNCc1cc(S(=O)(=O)N2[C@H](C)CCC[C@@H]2C)c(C)o1. The lowest BCUT2D eigenvalue weighted by Crippen LogP contribution is -2.47. The predicted octanol–water partition coefficient (Wildman–Crippen LogP) is 2.65. The van der Waals surface area contributed by atoms with E-state index in [0.29, 0.717) is 23.0 Å². The maximum atomic E-state index is 13.0. The summed E-state index contributed by atoms with van der Waals surface area (Å²) in [6.45, 7) is 9.08. The Balaban J connectivity index is 2.32. The lowest BCUT2D eigenvalue weighted by molar-refractivity contribution is 0.204. The Morgan fingerprint density at radius 1 is 1.33 bits per heavy atom. The molecule has 0 unspecified atom stereocenters. The van der Waals surface area contributed by atoms with E-state index in [4.69, 9.17) is 4.42 Å². The molecule has 6 heteroatoms. The van der Waals surface area contributed by atoms with Gasteiger partial charge in [-0.3, -0.25) is 0 Å². The molecular formula is C15H26N2O3S. The second kappa shape index (κ2) is 6.50. The second-order valence-electron chi connectivity index (χ2n) is 5.88. The molecule has 0 saturated carbocycles. The van der Waals surface area contributed by atoms with E-state index >= 15 is 0 Å². The molecule has 0 aliphatic carbocycles. The first-order valence-electron chi connectivity index (χ1n) is 7.71. The van der Waals surface area contributed by atoms with Crippen LogP contribution in [-0.4, -0.2) is 31.4 Å². The molecule has 1 N–H and O–H groups in total. The molecule has 1 aliphatic rings. The molecule has 2 heterocycles. The third-order valence-electron chi connectivity index (χ3n) is 4.14. The van der Waals surface area contributed by atoms with E-state index < -0.39 is 10.0 Å². The van der Waals surface area contributed by atoms with Crippen molar-refractivity contribution in [1.82, 2.24) is 9.62 Å². The lowest BCUT2D eigenvalue weighted by atomic mass is 10.0. The Labute approximate surface area is 127 Å². The van der Waals surface area contributed by atoms with Crippen molar-refractivity contribution in [2.24, 2.45) is 0 Å². The minimum absolute atomic E-state index is 0.0465. The third-order valence-corrected chi connectivity index (χ3v) is 6.38. The van der Waals surface area contributed by atoms with Crippen LogP contribution in [0.25, 0.3) is 0 Å². The molecule has 1 fully saturated rings. The average Bonchev–Trinajstić information content (AvgIpc) is 2.78. The number of hydrogen-bond donors (Lipinski definition) is 1. The standard InChI is InChI=1S/C15H26N2O3S/c1-5-16-10-14-9-15(13(4)20-14)21(18,19)17-11(2)7-6-8-12(17)3/h9,11-12,16H,5-8,10H2,1-4H3/t11-,12+. The maximum absolute atomic E-state index is 13.0. The third kappa shape index (κ3) is 3.33. The summed E-state index contributed by atoms with van der Waals surface area (Å²) >= 11 is 0. The predicted molar refractivity (Wildman–Crippen MR) is 82.6 cm³/mol. The van der Waals surface area contributed by atoms with Gasteiger partial charge in [-0.15, -0.1) is 0 Å². The van der Waals surface area contributed by atoms with Crippen LogP contribution in [0.5, 0.6) is 0 Å². The molecule has 5 nitrogen and oxygen atoms in total. The summed E-state index contributed by atoms with van der Waals surface area (Å²) < 4.78 is 33.2. The highest BCUT2D eigenvalue weighted by Crippen LogP contribution is 2.32. The van der Waals surface area contributed by atoms with E-state index in [1.807, 2.05) is 20.8 Å². The van der Waals surface area contributed by atoms with E-state index in [9.17, 15) is 8.42 Å². The van der Waals surface area contributed by atoms with Gasteiger partial charge >= 0.3 is 0 Å². The molecule has 1 saturated heterocycles. The van der Waals surface area contributed by atoms with Gasteiger partial charge in [-0.05, 0) is 40.2 Å². The number of sulfonamides is 1.